The Labute approximate surface area is 92.2 Å². The van der Waals surface area contributed by atoms with Crippen LogP contribution in [0.5, 0.6) is 0 Å². The Balaban J connectivity index is 2.83. The smallest absolute Gasteiger partial charge is 0.308 e. The first-order valence-electron chi connectivity index (χ1n) is 4.45. The maximum atomic E-state index is 11.0. The van der Waals surface area contributed by atoms with Crippen molar-refractivity contribution in [1.82, 2.24) is 20.2 Å². The third-order valence-electron chi connectivity index (χ3n) is 1.87. The number of tetrazole rings is 1. The molecule has 90 valence electrons. The van der Waals surface area contributed by atoms with Crippen LogP contribution in [0, 0.1) is 5.92 Å². The van der Waals surface area contributed by atoms with Gasteiger partial charge >= 0.3 is 5.97 Å². The average Bonchev–Trinajstić information content (AvgIpc) is 2.49. The Morgan fingerprint density at radius 2 is 2.19 bits per heavy atom. The second kappa shape index (κ2) is 4.56. The molecule has 0 saturated heterocycles. The number of hydrogen-bond donors (Lipinski definition) is 1. The van der Waals surface area contributed by atoms with E-state index in [1.807, 2.05) is 0 Å². The third kappa shape index (κ3) is 3.57. The van der Waals surface area contributed by atoms with Crippen molar-refractivity contribution in [3.63, 3.8) is 0 Å². The molecular weight excluding hydrogens is 236 g/mol. The highest BCUT2D eigenvalue weighted by Crippen LogP contribution is 2.04. The quantitative estimate of drug-likeness (QED) is 0.706. The number of aliphatic carboxylic acids is 1. The first-order valence-corrected chi connectivity index (χ1v) is 6.51. The molecule has 0 saturated carbocycles. The van der Waals surface area contributed by atoms with Crippen LogP contribution in [0.3, 0.4) is 0 Å². The Morgan fingerprint density at radius 1 is 1.56 bits per heavy atom. The molecule has 0 bridgehead atoms. The number of carbonyl (C=O) groups is 1. The third-order valence-corrected chi connectivity index (χ3v) is 2.65. The summed E-state index contributed by atoms with van der Waals surface area (Å²) in [6, 6.07) is 0. The molecule has 16 heavy (non-hydrogen) atoms. The van der Waals surface area contributed by atoms with E-state index in [9.17, 15) is 13.2 Å². The molecular formula is C7H12N4O4S. The van der Waals surface area contributed by atoms with Crippen molar-refractivity contribution in [2.45, 2.75) is 19.2 Å². The van der Waals surface area contributed by atoms with Gasteiger partial charge in [-0.05, 0) is 10.4 Å². The first-order chi connectivity index (χ1) is 7.29. The highest BCUT2D eigenvalue weighted by atomic mass is 32.2. The summed E-state index contributed by atoms with van der Waals surface area (Å²) in [4.78, 5) is 10.6. The van der Waals surface area contributed by atoms with E-state index in [-0.39, 0.29) is 18.1 Å². The normalized spacial score (nSPS) is 13.6. The second-order valence-corrected chi connectivity index (χ2v) is 5.73. The summed E-state index contributed by atoms with van der Waals surface area (Å²) in [5.74, 6) is -1.81. The van der Waals surface area contributed by atoms with E-state index in [1.54, 1.807) is 0 Å². The molecule has 1 atom stereocenters. The fourth-order valence-electron chi connectivity index (χ4n) is 1.04. The van der Waals surface area contributed by atoms with Crippen LogP contribution in [0.4, 0.5) is 0 Å². The van der Waals surface area contributed by atoms with Crippen molar-refractivity contribution in [2.24, 2.45) is 5.92 Å². The van der Waals surface area contributed by atoms with Gasteiger partial charge in [-0.25, -0.2) is 13.1 Å². The number of aromatic nitrogens is 4. The van der Waals surface area contributed by atoms with Crippen molar-refractivity contribution in [1.29, 1.82) is 0 Å². The van der Waals surface area contributed by atoms with Gasteiger partial charge in [0.05, 0.1) is 12.5 Å². The average molecular weight is 248 g/mol. The van der Waals surface area contributed by atoms with Gasteiger partial charge in [0.25, 0.3) is 0 Å². The first kappa shape index (κ1) is 12.6. The van der Waals surface area contributed by atoms with Crippen LogP contribution in [0.1, 0.15) is 12.7 Å². The van der Waals surface area contributed by atoms with Crippen LogP contribution in [-0.4, -0.2) is 46.0 Å². The lowest BCUT2D eigenvalue weighted by molar-refractivity contribution is -0.141. The van der Waals surface area contributed by atoms with E-state index in [4.69, 9.17) is 5.11 Å². The molecule has 0 spiro atoms. The lowest BCUT2D eigenvalue weighted by Crippen LogP contribution is -2.20. The minimum absolute atomic E-state index is 0.0488. The van der Waals surface area contributed by atoms with Crippen molar-refractivity contribution < 1.29 is 18.3 Å². The number of carboxylic acids is 1. The highest BCUT2D eigenvalue weighted by Gasteiger charge is 2.17. The summed E-state index contributed by atoms with van der Waals surface area (Å²) >= 11 is 0. The van der Waals surface area contributed by atoms with Gasteiger partial charge in [0.2, 0.25) is 0 Å². The van der Waals surface area contributed by atoms with Gasteiger partial charge < -0.3 is 5.11 Å². The number of hydrogen-bond acceptors (Lipinski definition) is 6. The van der Waals surface area contributed by atoms with Gasteiger partial charge in [-0.3, -0.25) is 4.79 Å². The molecule has 0 fully saturated rings. The predicted octanol–water partition coefficient (Wildman–Crippen LogP) is -1.06. The number of nitrogens with zero attached hydrogens (tertiary/aromatic N) is 4. The van der Waals surface area contributed by atoms with Crippen LogP contribution in [0.25, 0.3) is 0 Å². The van der Waals surface area contributed by atoms with Crippen LogP contribution in [-0.2, 0) is 26.9 Å². The molecule has 8 nitrogen and oxygen atoms in total. The SMILES string of the molecule is CC(Cn1nnnc1CS(C)(=O)=O)C(=O)O. The minimum Gasteiger partial charge on any atom is -0.481 e. The monoisotopic (exact) mass is 248 g/mol. The molecule has 1 heterocycles. The Morgan fingerprint density at radius 3 is 2.69 bits per heavy atom. The van der Waals surface area contributed by atoms with E-state index in [2.05, 4.69) is 15.5 Å². The maximum Gasteiger partial charge on any atom is 0.308 e. The van der Waals surface area contributed by atoms with E-state index < -0.39 is 21.7 Å². The van der Waals surface area contributed by atoms with Crippen molar-refractivity contribution in [3.05, 3.63) is 5.82 Å². The largest absolute Gasteiger partial charge is 0.481 e. The zero-order valence-corrected chi connectivity index (χ0v) is 9.68. The molecule has 0 aliphatic rings. The van der Waals surface area contributed by atoms with Crippen molar-refractivity contribution >= 4 is 15.8 Å². The minimum atomic E-state index is -3.24. The zero-order chi connectivity index (χ0) is 12.3. The lowest BCUT2D eigenvalue weighted by atomic mass is 10.2. The molecule has 1 rings (SSSR count). The standard InChI is InChI=1S/C7H12N4O4S/c1-5(7(12)13)3-11-6(8-9-10-11)4-16(2,14)15/h5H,3-4H2,1-2H3,(H,12,13). The fourth-order valence-corrected chi connectivity index (χ4v) is 1.72. The van der Waals surface area contributed by atoms with Gasteiger partial charge in [0.1, 0.15) is 5.75 Å². The van der Waals surface area contributed by atoms with E-state index >= 15 is 0 Å². The Hall–Kier alpha value is -1.51. The Kier molecular flexibility index (Phi) is 3.58. The topological polar surface area (TPSA) is 115 Å². The molecule has 9 heteroatoms. The van der Waals surface area contributed by atoms with Crippen molar-refractivity contribution in [3.8, 4) is 0 Å². The van der Waals surface area contributed by atoms with E-state index in [0.29, 0.717) is 0 Å². The second-order valence-electron chi connectivity index (χ2n) is 3.59. The molecule has 0 aliphatic carbocycles. The summed E-state index contributed by atoms with van der Waals surface area (Å²) in [5.41, 5.74) is 0. The van der Waals surface area contributed by atoms with Crippen molar-refractivity contribution in [2.75, 3.05) is 6.26 Å². The lowest BCUT2D eigenvalue weighted by Gasteiger charge is -2.06. The number of carboxylic acid groups (broad SMARTS) is 1. The zero-order valence-electron chi connectivity index (χ0n) is 8.86. The molecule has 1 N–H and O–H groups in total. The molecule has 0 aliphatic heterocycles. The Bertz CT molecular complexity index is 480. The predicted molar refractivity (Wildman–Crippen MR) is 53.2 cm³/mol. The van der Waals surface area contributed by atoms with E-state index in [0.717, 1.165) is 6.26 Å². The molecule has 0 radical (unpaired) electrons. The van der Waals surface area contributed by atoms with Gasteiger partial charge in [0.15, 0.2) is 15.7 Å². The van der Waals surface area contributed by atoms with Gasteiger partial charge in [-0.15, -0.1) is 5.10 Å². The molecule has 1 aromatic rings. The van der Waals surface area contributed by atoms with Gasteiger partial charge in [-0.2, -0.15) is 0 Å². The van der Waals surface area contributed by atoms with Gasteiger partial charge in [0, 0.05) is 6.26 Å². The van der Waals surface area contributed by atoms with Crippen LogP contribution in [0.2, 0.25) is 0 Å². The van der Waals surface area contributed by atoms with E-state index in [1.165, 1.54) is 11.6 Å². The number of sulfone groups is 1. The van der Waals surface area contributed by atoms with Crippen LogP contribution >= 0.6 is 0 Å². The van der Waals surface area contributed by atoms with Crippen LogP contribution < -0.4 is 0 Å². The fraction of sp³-hybridized carbons (Fsp3) is 0.714. The summed E-state index contributed by atoms with van der Waals surface area (Å²) in [5, 5.41) is 19.1. The highest BCUT2D eigenvalue weighted by molar-refractivity contribution is 7.89. The number of rotatable bonds is 5. The van der Waals surface area contributed by atoms with Crippen LogP contribution in [0.15, 0.2) is 0 Å². The molecule has 0 amide bonds. The van der Waals surface area contributed by atoms with Gasteiger partial charge in [-0.1, -0.05) is 6.92 Å². The molecule has 1 aromatic heterocycles. The molecule has 1 unspecified atom stereocenters. The summed E-state index contributed by atoms with van der Waals surface area (Å²) in [6.07, 6.45) is 1.06. The summed E-state index contributed by atoms with van der Waals surface area (Å²) < 4.78 is 23.3. The summed E-state index contributed by atoms with van der Waals surface area (Å²) in [6.45, 7) is 1.54. The summed E-state index contributed by atoms with van der Waals surface area (Å²) in [7, 11) is -3.24. The molecule has 0 aromatic carbocycles. The maximum absolute atomic E-state index is 11.0.